The van der Waals surface area contributed by atoms with Crippen molar-refractivity contribution in [1.29, 1.82) is 0 Å². The molecule has 1 heterocycles. The van der Waals surface area contributed by atoms with Gasteiger partial charge >= 0.3 is 12.0 Å². The number of imidazole rings is 1. The van der Waals surface area contributed by atoms with Gasteiger partial charge in [-0.25, -0.2) is 14.6 Å². The minimum absolute atomic E-state index is 0.192. The number of nitrogens with one attached hydrogen (secondary N) is 1. The SMILES string of the molecule is CCCCc1nc2ccc(NC(=O)N(C)C)cc2n1Cc1ccc(OC(C(=O)O)c2ccccc2)cc1. The molecule has 0 spiro atoms. The number of benzene rings is 3. The van der Waals surface area contributed by atoms with Gasteiger partial charge in [0.25, 0.3) is 0 Å². The quantitative estimate of drug-likeness (QED) is 0.290. The molecule has 8 nitrogen and oxygen atoms in total. The number of rotatable bonds is 10. The maximum absolute atomic E-state index is 12.2. The molecule has 1 aromatic heterocycles. The molecule has 37 heavy (non-hydrogen) atoms. The molecule has 0 aliphatic carbocycles. The van der Waals surface area contributed by atoms with Crippen LogP contribution in [0.3, 0.4) is 0 Å². The number of carboxylic acid groups (broad SMARTS) is 1. The Hall–Kier alpha value is -4.33. The molecule has 2 amide bonds. The Bertz CT molecular complexity index is 1360. The fourth-order valence-electron chi connectivity index (χ4n) is 4.07. The highest BCUT2D eigenvalue weighted by Gasteiger charge is 2.21. The molecule has 0 bridgehead atoms. The topological polar surface area (TPSA) is 96.7 Å². The number of fused-ring (bicyclic) bond motifs is 1. The third-order valence-electron chi connectivity index (χ3n) is 6.08. The van der Waals surface area contributed by atoms with Gasteiger partial charge in [0.15, 0.2) is 0 Å². The van der Waals surface area contributed by atoms with Gasteiger partial charge in [-0.05, 0) is 42.3 Å². The molecule has 0 saturated carbocycles. The number of nitrogens with zero attached hydrogens (tertiary/aromatic N) is 3. The van der Waals surface area contributed by atoms with Gasteiger partial charge in [-0.15, -0.1) is 0 Å². The number of aryl methyl sites for hydroxylation is 1. The maximum Gasteiger partial charge on any atom is 0.349 e. The lowest BCUT2D eigenvalue weighted by Gasteiger charge is -2.16. The fraction of sp³-hybridized carbons (Fsp3) is 0.276. The third kappa shape index (κ3) is 6.27. The van der Waals surface area contributed by atoms with Crippen molar-refractivity contribution in [2.45, 2.75) is 38.8 Å². The van der Waals surface area contributed by atoms with Crippen LogP contribution in [0.5, 0.6) is 5.75 Å². The fourth-order valence-corrected chi connectivity index (χ4v) is 4.07. The van der Waals surface area contributed by atoms with E-state index in [1.165, 1.54) is 4.90 Å². The second-order valence-electron chi connectivity index (χ2n) is 9.14. The minimum Gasteiger partial charge on any atom is -0.478 e. The van der Waals surface area contributed by atoms with Gasteiger partial charge in [0, 0.05) is 38.3 Å². The molecule has 3 aromatic carbocycles. The van der Waals surface area contributed by atoms with E-state index in [2.05, 4.69) is 16.8 Å². The van der Waals surface area contributed by atoms with Crippen molar-refractivity contribution in [1.82, 2.24) is 14.5 Å². The lowest BCUT2D eigenvalue weighted by Crippen LogP contribution is -2.27. The van der Waals surface area contributed by atoms with Crippen molar-refractivity contribution < 1.29 is 19.4 Å². The van der Waals surface area contributed by atoms with E-state index in [1.807, 2.05) is 36.4 Å². The first-order chi connectivity index (χ1) is 17.9. The molecule has 0 aliphatic rings. The summed E-state index contributed by atoms with van der Waals surface area (Å²) in [6, 6.07) is 21.9. The predicted octanol–water partition coefficient (Wildman–Crippen LogP) is 5.73. The van der Waals surface area contributed by atoms with E-state index in [-0.39, 0.29) is 6.03 Å². The summed E-state index contributed by atoms with van der Waals surface area (Å²) in [7, 11) is 3.40. The van der Waals surface area contributed by atoms with E-state index in [0.717, 1.165) is 41.7 Å². The van der Waals surface area contributed by atoms with Gasteiger partial charge in [-0.1, -0.05) is 55.8 Å². The summed E-state index contributed by atoms with van der Waals surface area (Å²) < 4.78 is 7.99. The molecule has 1 unspecified atom stereocenters. The highest BCUT2D eigenvalue weighted by Crippen LogP contribution is 2.26. The summed E-state index contributed by atoms with van der Waals surface area (Å²) >= 11 is 0. The van der Waals surface area contributed by atoms with Crippen molar-refractivity contribution in [3.63, 3.8) is 0 Å². The van der Waals surface area contributed by atoms with Crippen LogP contribution in [0, 0.1) is 0 Å². The number of amides is 2. The number of aromatic nitrogens is 2. The highest BCUT2D eigenvalue weighted by atomic mass is 16.5. The number of hydrogen-bond donors (Lipinski definition) is 2. The standard InChI is InChI=1S/C29H32N4O4/c1-4-5-11-26-31-24-17-14-22(30-29(36)32(2)3)18-25(24)33(26)19-20-12-15-23(16-13-20)37-27(28(34)35)21-9-7-6-8-10-21/h6-10,12-18,27H,4-5,11,19H2,1-3H3,(H,30,36)(H,34,35). The lowest BCUT2D eigenvalue weighted by molar-refractivity contribution is -0.145. The van der Waals surface area contributed by atoms with E-state index in [9.17, 15) is 14.7 Å². The predicted molar refractivity (Wildman–Crippen MR) is 144 cm³/mol. The van der Waals surface area contributed by atoms with Crippen LogP contribution in [0.4, 0.5) is 10.5 Å². The average Bonchev–Trinajstić information content (AvgIpc) is 3.23. The molecule has 4 rings (SSSR count). The normalized spacial score (nSPS) is 11.8. The largest absolute Gasteiger partial charge is 0.478 e. The van der Waals surface area contributed by atoms with Crippen LogP contribution in [-0.2, 0) is 17.8 Å². The molecule has 1 atom stereocenters. The highest BCUT2D eigenvalue weighted by molar-refractivity contribution is 5.91. The monoisotopic (exact) mass is 500 g/mol. The van der Waals surface area contributed by atoms with Crippen LogP contribution in [0.1, 0.15) is 42.8 Å². The first kappa shape index (κ1) is 25.8. The lowest BCUT2D eigenvalue weighted by atomic mass is 10.1. The number of unbranched alkanes of at least 4 members (excludes halogenated alkanes) is 1. The Labute approximate surface area is 216 Å². The average molecular weight is 501 g/mol. The smallest absolute Gasteiger partial charge is 0.349 e. The maximum atomic E-state index is 12.2. The third-order valence-corrected chi connectivity index (χ3v) is 6.08. The van der Waals surface area contributed by atoms with Gasteiger partial charge in [0.05, 0.1) is 11.0 Å². The molecule has 4 aromatic rings. The zero-order valence-corrected chi connectivity index (χ0v) is 21.3. The zero-order chi connectivity index (χ0) is 26.4. The minimum atomic E-state index is -1.08. The summed E-state index contributed by atoms with van der Waals surface area (Å²) in [6.45, 7) is 2.74. The summed E-state index contributed by atoms with van der Waals surface area (Å²) in [5, 5.41) is 12.6. The van der Waals surface area contributed by atoms with Crippen LogP contribution >= 0.6 is 0 Å². The Morgan fingerprint density at radius 1 is 1.05 bits per heavy atom. The summed E-state index contributed by atoms with van der Waals surface area (Å²) in [6.07, 6.45) is 1.85. The van der Waals surface area contributed by atoms with Gasteiger partial charge < -0.3 is 24.6 Å². The molecule has 0 radical (unpaired) electrons. The number of carbonyl (C=O) groups excluding carboxylic acids is 1. The molecule has 0 aliphatic heterocycles. The summed E-state index contributed by atoms with van der Waals surface area (Å²) in [5.74, 6) is 0.427. The number of urea groups is 1. The number of carbonyl (C=O) groups is 2. The first-order valence-electron chi connectivity index (χ1n) is 12.4. The number of aliphatic carboxylic acids is 1. The zero-order valence-electron chi connectivity index (χ0n) is 21.3. The Morgan fingerprint density at radius 3 is 2.43 bits per heavy atom. The molecule has 0 saturated heterocycles. The van der Waals surface area contributed by atoms with Gasteiger partial charge in [-0.2, -0.15) is 0 Å². The summed E-state index contributed by atoms with van der Waals surface area (Å²) in [4.78, 5) is 30.3. The van der Waals surface area contributed by atoms with Gasteiger partial charge in [-0.3, -0.25) is 0 Å². The van der Waals surface area contributed by atoms with Crippen LogP contribution in [0.25, 0.3) is 11.0 Å². The molecule has 192 valence electrons. The number of ether oxygens (including phenoxy) is 1. The molecule has 8 heteroatoms. The van der Waals surface area contributed by atoms with Crippen molar-refractivity contribution in [2.75, 3.05) is 19.4 Å². The van der Waals surface area contributed by atoms with Crippen molar-refractivity contribution in [2.24, 2.45) is 0 Å². The first-order valence-corrected chi connectivity index (χ1v) is 12.4. The van der Waals surface area contributed by atoms with Crippen LogP contribution in [-0.4, -0.2) is 45.7 Å². The van der Waals surface area contributed by atoms with E-state index < -0.39 is 12.1 Å². The Morgan fingerprint density at radius 2 is 1.78 bits per heavy atom. The van der Waals surface area contributed by atoms with Crippen molar-refractivity contribution >= 4 is 28.7 Å². The van der Waals surface area contributed by atoms with Crippen molar-refractivity contribution in [3.05, 3.63) is 89.7 Å². The van der Waals surface area contributed by atoms with Gasteiger partial charge in [0.2, 0.25) is 6.10 Å². The molecule has 0 fully saturated rings. The van der Waals surface area contributed by atoms with Crippen molar-refractivity contribution in [3.8, 4) is 5.75 Å². The van der Waals surface area contributed by atoms with Crippen LogP contribution in [0.15, 0.2) is 72.8 Å². The van der Waals surface area contributed by atoms with Gasteiger partial charge in [0.1, 0.15) is 11.6 Å². The van der Waals surface area contributed by atoms with E-state index in [1.54, 1.807) is 50.5 Å². The summed E-state index contributed by atoms with van der Waals surface area (Å²) in [5.41, 5.74) is 4.14. The molecular formula is C29H32N4O4. The van der Waals surface area contributed by atoms with Crippen LogP contribution in [0.2, 0.25) is 0 Å². The van der Waals surface area contributed by atoms with E-state index in [0.29, 0.717) is 23.5 Å². The Kier molecular flexibility index (Phi) is 8.08. The second-order valence-corrected chi connectivity index (χ2v) is 9.14. The number of hydrogen-bond acceptors (Lipinski definition) is 4. The molecule has 2 N–H and O–H groups in total. The number of anilines is 1. The van der Waals surface area contributed by atoms with Crippen LogP contribution < -0.4 is 10.1 Å². The number of carboxylic acids is 1. The second kappa shape index (κ2) is 11.6. The molecular weight excluding hydrogens is 468 g/mol. The Balaban J connectivity index is 1.59. The van der Waals surface area contributed by atoms with E-state index in [4.69, 9.17) is 9.72 Å². The van der Waals surface area contributed by atoms with E-state index >= 15 is 0 Å².